The third kappa shape index (κ3) is 3.24. The molecule has 1 amide bonds. The van der Waals surface area contributed by atoms with Crippen LogP contribution in [0.1, 0.15) is 29.0 Å². The lowest BCUT2D eigenvalue weighted by molar-refractivity contribution is 0.0123. The second-order valence-corrected chi connectivity index (χ2v) is 6.94. The Morgan fingerprint density at radius 1 is 1.29 bits per heavy atom. The lowest BCUT2D eigenvalue weighted by Gasteiger charge is -2.36. The summed E-state index contributed by atoms with van der Waals surface area (Å²) in [5.74, 6) is -0.105. The highest BCUT2D eigenvalue weighted by molar-refractivity contribution is 5.95. The zero-order valence-electron chi connectivity index (χ0n) is 15.3. The predicted octanol–water partition coefficient (Wildman–Crippen LogP) is 2.14. The highest BCUT2D eigenvalue weighted by Gasteiger charge is 2.35. The maximum atomic E-state index is 13.1. The molecule has 1 aromatic carbocycles. The molecule has 4 rings (SSSR count). The quantitative estimate of drug-likeness (QED) is 0.727. The molecule has 0 radical (unpaired) electrons. The van der Waals surface area contributed by atoms with E-state index in [9.17, 15) is 15.2 Å². The Morgan fingerprint density at radius 3 is 2.86 bits per heavy atom. The summed E-state index contributed by atoms with van der Waals surface area (Å²) < 4.78 is 7.09. The van der Waals surface area contributed by atoms with Gasteiger partial charge >= 0.3 is 0 Å². The van der Waals surface area contributed by atoms with Crippen LogP contribution >= 0.6 is 0 Å². The van der Waals surface area contributed by atoms with Crippen molar-refractivity contribution in [3.63, 3.8) is 0 Å². The van der Waals surface area contributed by atoms with Crippen LogP contribution < -0.4 is 5.32 Å². The third-order valence-electron chi connectivity index (χ3n) is 5.15. The molecular formula is C21H20N4O3. The number of nitrogens with one attached hydrogen (secondary N) is 1. The summed E-state index contributed by atoms with van der Waals surface area (Å²) in [5.41, 5.74) is 2.00. The molecule has 0 bridgehead atoms. The Kier molecular flexibility index (Phi) is 4.82. The Balaban J connectivity index is 1.76. The second-order valence-electron chi connectivity index (χ2n) is 6.94. The van der Waals surface area contributed by atoms with Crippen molar-refractivity contribution in [2.24, 2.45) is 0 Å². The molecule has 1 fully saturated rings. The molecule has 3 aromatic rings. The van der Waals surface area contributed by atoms with E-state index < -0.39 is 5.54 Å². The molecule has 7 nitrogen and oxygen atoms in total. The van der Waals surface area contributed by atoms with E-state index in [1.807, 2.05) is 24.3 Å². The van der Waals surface area contributed by atoms with E-state index in [0.717, 1.165) is 11.1 Å². The number of ether oxygens (including phenoxy) is 1. The van der Waals surface area contributed by atoms with Gasteiger partial charge in [-0.25, -0.2) is 4.98 Å². The highest BCUT2D eigenvalue weighted by Crippen LogP contribution is 2.27. The summed E-state index contributed by atoms with van der Waals surface area (Å²) in [6, 6.07) is 14.9. The Hall–Kier alpha value is -3.21. The highest BCUT2D eigenvalue weighted by atomic mass is 16.5. The number of aliphatic hydroxyl groups excluding tert-OH is 1. The smallest absolute Gasteiger partial charge is 0.288 e. The van der Waals surface area contributed by atoms with E-state index in [0.29, 0.717) is 37.3 Å². The number of hydrogen-bond donors (Lipinski definition) is 2. The van der Waals surface area contributed by atoms with Gasteiger partial charge in [0.1, 0.15) is 0 Å². The zero-order chi connectivity index (χ0) is 19.6. The number of fused-ring (bicyclic) bond motifs is 1. The van der Waals surface area contributed by atoms with E-state index in [2.05, 4.69) is 16.4 Å². The number of aliphatic hydroxyl groups is 1. The minimum Gasteiger partial charge on any atom is -0.394 e. The van der Waals surface area contributed by atoms with E-state index >= 15 is 0 Å². The molecule has 3 heterocycles. The number of carbonyl (C=O) groups excluding carboxylic acids is 1. The maximum absolute atomic E-state index is 13.1. The number of pyridine rings is 1. The molecule has 142 valence electrons. The average molecular weight is 376 g/mol. The number of aromatic nitrogens is 2. The SMILES string of the molecule is N#Cc1cccc(-c2nc(C(=O)NC3(CO)CCOCC3)n3ccccc23)c1. The molecule has 2 N–H and O–H groups in total. The van der Waals surface area contributed by atoms with Crippen molar-refractivity contribution < 1.29 is 14.6 Å². The third-order valence-corrected chi connectivity index (χ3v) is 5.15. The molecular weight excluding hydrogens is 356 g/mol. The first-order valence-electron chi connectivity index (χ1n) is 9.14. The van der Waals surface area contributed by atoms with Crippen LogP contribution in [0.5, 0.6) is 0 Å². The van der Waals surface area contributed by atoms with E-state index in [1.165, 1.54) is 0 Å². The molecule has 0 spiro atoms. The molecule has 1 aliphatic heterocycles. The van der Waals surface area contributed by atoms with Crippen LogP contribution in [0.15, 0.2) is 48.7 Å². The van der Waals surface area contributed by atoms with Crippen LogP contribution in [-0.2, 0) is 4.74 Å². The van der Waals surface area contributed by atoms with Crippen LogP contribution in [0.2, 0.25) is 0 Å². The number of carbonyl (C=O) groups is 1. The first kappa shape index (κ1) is 18.2. The van der Waals surface area contributed by atoms with Gasteiger partial charge in [-0.05, 0) is 37.1 Å². The fraction of sp³-hybridized carbons (Fsp3) is 0.286. The van der Waals surface area contributed by atoms with Gasteiger partial charge in [0.05, 0.1) is 35.0 Å². The first-order chi connectivity index (χ1) is 13.7. The van der Waals surface area contributed by atoms with Gasteiger partial charge in [0.25, 0.3) is 5.91 Å². The Labute approximate surface area is 162 Å². The number of amides is 1. The largest absolute Gasteiger partial charge is 0.394 e. The van der Waals surface area contributed by atoms with E-state index in [4.69, 9.17) is 4.74 Å². The Bertz CT molecular complexity index is 1060. The molecule has 28 heavy (non-hydrogen) atoms. The van der Waals surface area contributed by atoms with Crippen molar-refractivity contribution in [2.45, 2.75) is 18.4 Å². The van der Waals surface area contributed by atoms with Crippen molar-refractivity contribution in [3.05, 3.63) is 60.0 Å². The van der Waals surface area contributed by atoms with Crippen LogP contribution in [0.25, 0.3) is 16.8 Å². The fourth-order valence-electron chi connectivity index (χ4n) is 3.53. The lowest BCUT2D eigenvalue weighted by atomic mass is 9.91. The first-order valence-corrected chi connectivity index (χ1v) is 9.14. The van der Waals surface area contributed by atoms with Crippen LogP contribution in [0.4, 0.5) is 0 Å². The van der Waals surface area contributed by atoms with Crippen molar-refractivity contribution in [3.8, 4) is 17.3 Å². The molecule has 1 saturated heterocycles. The minimum absolute atomic E-state index is 0.150. The van der Waals surface area contributed by atoms with Crippen molar-refractivity contribution in [1.29, 1.82) is 5.26 Å². The molecule has 0 atom stereocenters. The van der Waals surface area contributed by atoms with Crippen molar-refractivity contribution in [1.82, 2.24) is 14.7 Å². The van der Waals surface area contributed by atoms with Crippen LogP contribution in [0, 0.1) is 11.3 Å². The molecule has 1 aliphatic rings. The van der Waals surface area contributed by atoms with Crippen LogP contribution in [0.3, 0.4) is 0 Å². The number of nitriles is 1. The monoisotopic (exact) mass is 376 g/mol. The minimum atomic E-state index is -0.698. The zero-order valence-corrected chi connectivity index (χ0v) is 15.3. The summed E-state index contributed by atoms with van der Waals surface area (Å²) in [4.78, 5) is 17.7. The van der Waals surface area contributed by atoms with Gasteiger partial charge < -0.3 is 15.2 Å². The number of benzene rings is 1. The number of imidazole rings is 1. The fourth-order valence-corrected chi connectivity index (χ4v) is 3.53. The van der Waals surface area contributed by atoms with Crippen molar-refractivity contribution >= 4 is 11.4 Å². The number of rotatable bonds is 4. The van der Waals surface area contributed by atoms with Gasteiger partial charge in [0.2, 0.25) is 5.82 Å². The molecule has 2 aromatic heterocycles. The van der Waals surface area contributed by atoms with Crippen molar-refractivity contribution in [2.75, 3.05) is 19.8 Å². The Morgan fingerprint density at radius 2 is 2.11 bits per heavy atom. The topological polar surface area (TPSA) is 99.7 Å². The normalized spacial score (nSPS) is 15.9. The van der Waals surface area contributed by atoms with Crippen LogP contribution in [-0.4, -0.2) is 45.8 Å². The van der Waals surface area contributed by atoms with E-state index in [1.54, 1.807) is 28.8 Å². The standard InChI is InChI=1S/C21H20N4O3/c22-13-15-4-3-5-16(12-15)18-17-6-1-2-9-25(17)19(23-18)20(27)24-21(14-26)7-10-28-11-8-21/h1-6,9,12,26H,7-8,10-11,14H2,(H,24,27). The maximum Gasteiger partial charge on any atom is 0.288 e. The molecule has 0 unspecified atom stereocenters. The lowest BCUT2D eigenvalue weighted by Crippen LogP contribution is -2.54. The summed E-state index contributed by atoms with van der Waals surface area (Å²) in [6.45, 7) is 0.841. The molecule has 0 aliphatic carbocycles. The number of nitrogens with zero attached hydrogens (tertiary/aromatic N) is 3. The predicted molar refractivity (Wildman–Crippen MR) is 103 cm³/mol. The molecule has 7 heteroatoms. The summed E-state index contributed by atoms with van der Waals surface area (Å²) in [5, 5.41) is 22.0. The van der Waals surface area contributed by atoms with Gasteiger partial charge in [0.15, 0.2) is 0 Å². The van der Waals surface area contributed by atoms with Gasteiger partial charge in [-0.1, -0.05) is 18.2 Å². The summed E-state index contributed by atoms with van der Waals surface area (Å²) in [6.07, 6.45) is 2.88. The average Bonchev–Trinajstić information content (AvgIpc) is 3.14. The van der Waals surface area contributed by atoms with Gasteiger partial charge in [-0.2, -0.15) is 5.26 Å². The van der Waals surface area contributed by atoms with E-state index in [-0.39, 0.29) is 18.3 Å². The molecule has 0 saturated carbocycles. The second kappa shape index (κ2) is 7.43. The summed E-state index contributed by atoms with van der Waals surface area (Å²) in [7, 11) is 0. The van der Waals surface area contributed by atoms with Gasteiger partial charge in [0, 0.05) is 25.0 Å². The van der Waals surface area contributed by atoms with Gasteiger partial charge in [-0.3, -0.25) is 9.20 Å². The van der Waals surface area contributed by atoms with Gasteiger partial charge in [-0.15, -0.1) is 0 Å². The number of hydrogen-bond acceptors (Lipinski definition) is 5. The summed E-state index contributed by atoms with van der Waals surface area (Å²) >= 11 is 0.